The second-order valence-corrected chi connectivity index (χ2v) is 9.38. The van der Waals surface area contributed by atoms with Crippen LogP contribution in [0.2, 0.25) is 0 Å². The topological polar surface area (TPSA) is 79.5 Å². The van der Waals surface area contributed by atoms with Crippen molar-refractivity contribution in [1.82, 2.24) is 15.1 Å². The summed E-state index contributed by atoms with van der Waals surface area (Å²) in [5, 5.41) is 8.29. The minimum Gasteiger partial charge on any atom is -0.420 e. The predicted molar refractivity (Wildman–Crippen MR) is 123 cm³/mol. The standard InChI is InChI=1S/C24H22BrFN4O3/c25-18-4-1-5-20(12-18)30-14-17(11-21(30)31)24(32)29-10-2-3-16(13-29)23-28-27-22(33-23)15-6-8-19(26)9-7-15/h1,4-9,12,16-17H,2-3,10-11,13-14H2. The average molecular weight is 513 g/mol. The number of aromatic nitrogens is 2. The van der Waals surface area contributed by atoms with Crippen LogP contribution in [0.5, 0.6) is 0 Å². The van der Waals surface area contributed by atoms with Gasteiger partial charge >= 0.3 is 0 Å². The number of hydrogen-bond donors (Lipinski definition) is 0. The number of carbonyl (C=O) groups is 2. The molecule has 0 saturated carbocycles. The minimum atomic E-state index is -0.368. The lowest BCUT2D eigenvalue weighted by Gasteiger charge is -2.32. The summed E-state index contributed by atoms with van der Waals surface area (Å²) < 4.78 is 19.9. The lowest BCUT2D eigenvalue weighted by molar-refractivity contribution is -0.137. The Morgan fingerprint density at radius 2 is 1.94 bits per heavy atom. The van der Waals surface area contributed by atoms with Crippen molar-refractivity contribution < 1.29 is 18.4 Å². The molecule has 0 radical (unpaired) electrons. The van der Waals surface area contributed by atoms with Crippen LogP contribution in [0.1, 0.15) is 31.1 Å². The minimum absolute atomic E-state index is 0.0104. The summed E-state index contributed by atoms with van der Waals surface area (Å²) in [6.45, 7) is 1.51. The molecule has 2 fully saturated rings. The fourth-order valence-corrected chi connectivity index (χ4v) is 4.90. The number of carbonyl (C=O) groups excluding carboxylic acids is 2. The highest BCUT2D eigenvalue weighted by atomic mass is 79.9. The normalized spacial score (nSPS) is 21.0. The fourth-order valence-electron chi connectivity index (χ4n) is 4.51. The van der Waals surface area contributed by atoms with Crippen LogP contribution in [-0.4, -0.2) is 46.5 Å². The molecule has 2 aliphatic rings. The molecule has 0 spiro atoms. The van der Waals surface area contributed by atoms with E-state index in [9.17, 15) is 14.0 Å². The van der Waals surface area contributed by atoms with Gasteiger partial charge < -0.3 is 14.2 Å². The first-order chi connectivity index (χ1) is 16.0. The van der Waals surface area contributed by atoms with E-state index in [-0.39, 0.29) is 35.9 Å². The molecule has 0 aliphatic carbocycles. The van der Waals surface area contributed by atoms with Crippen molar-refractivity contribution in [3.63, 3.8) is 0 Å². The number of anilines is 1. The van der Waals surface area contributed by atoms with E-state index in [2.05, 4.69) is 26.1 Å². The highest BCUT2D eigenvalue weighted by Crippen LogP contribution is 2.32. The second kappa shape index (κ2) is 9.05. The van der Waals surface area contributed by atoms with Crippen LogP contribution in [0.15, 0.2) is 57.4 Å². The Balaban J connectivity index is 1.26. The van der Waals surface area contributed by atoms with Crippen LogP contribution < -0.4 is 4.90 Å². The molecule has 2 aliphatic heterocycles. The molecular weight excluding hydrogens is 491 g/mol. The highest BCUT2D eigenvalue weighted by Gasteiger charge is 2.39. The molecule has 2 unspecified atom stereocenters. The third-order valence-corrected chi connectivity index (χ3v) is 6.70. The first-order valence-electron chi connectivity index (χ1n) is 10.9. The van der Waals surface area contributed by atoms with Crippen LogP contribution in [0.4, 0.5) is 10.1 Å². The molecule has 2 atom stereocenters. The molecule has 33 heavy (non-hydrogen) atoms. The lowest BCUT2D eigenvalue weighted by atomic mass is 9.96. The van der Waals surface area contributed by atoms with E-state index in [1.807, 2.05) is 29.2 Å². The van der Waals surface area contributed by atoms with Crippen molar-refractivity contribution in [2.75, 3.05) is 24.5 Å². The van der Waals surface area contributed by atoms with Gasteiger partial charge in [-0.1, -0.05) is 22.0 Å². The van der Waals surface area contributed by atoms with Gasteiger partial charge in [0.1, 0.15) is 5.82 Å². The van der Waals surface area contributed by atoms with E-state index in [1.165, 1.54) is 12.1 Å². The number of amides is 2. The first-order valence-corrected chi connectivity index (χ1v) is 11.7. The van der Waals surface area contributed by atoms with Crippen LogP contribution in [-0.2, 0) is 9.59 Å². The Labute approximate surface area is 198 Å². The summed E-state index contributed by atoms with van der Waals surface area (Å²) in [5.41, 5.74) is 1.44. The smallest absolute Gasteiger partial charge is 0.247 e. The number of rotatable bonds is 4. The summed E-state index contributed by atoms with van der Waals surface area (Å²) in [6, 6.07) is 13.4. The van der Waals surface area contributed by atoms with Gasteiger partial charge in [-0.2, -0.15) is 0 Å². The molecule has 2 saturated heterocycles. The summed E-state index contributed by atoms with van der Waals surface area (Å²) in [4.78, 5) is 29.4. The molecule has 1 aromatic heterocycles. The summed E-state index contributed by atoms with van der Waals surface area (Å²) >= 11 is 3.43. The zero-order valence-corrected chi connectivity index (χ0v) is 19.4. The third kappa shape index (κ3) is 4.55. The van der Waals surface area contributed by atoms with Crippen molar-refractivity contribution >= 4 is 33.4 Å². The Kier molecular flexibility index (Phi) is 5.97. The molecule has 3 heterocycles. The zero-order valence-electron chi connectivity index (χ0n) is 17.8. The maximum atomic E-state index is 13.3. The largest absolute Gasteiger partial charge is 0.420 e. The molecule has 7 nitrogen and oxygen atoms in total. The molecule has 2 amide bonds. The van der Waals surface area contributed by atoms with E-state index < -0.39 is 0 Å². The van der Waals surface area contributed by atoms with E-state index in [1.54, 1.807) is 17.0 Å². The maximum Gasteiger partial charge on any atom is 0.247 e. The average Bonchev–Trinajstić information content (AvgIpc) is 3.47. The van der Waals surface area contributed by atoms with E-state index >= 15 is 0 Å². The molecular formula is C24H22BrFN4O3. The van der Waals surface area contributed by atoms with Gasteiger partial charge in [0, 0.05) is 41.8 Å². The molecule has 5 rings (SSSR count). The number of halogens is 2. The Hall–Kier alpha value is -3.07. The number of hydrogen-bond acceptors (Lipinski definition) is 5. The number of benzene rings is 2. The Bertz CT molecular complexity index is 1180. The van der Waals surface area contributed by atoms with Gasteiger partial charge in [0.25, 0.3) is 0 Å². The van der Waals surface area contributed by atoms with Gasteiger partial charge in [0.05, 0.1) is 11.8 Å². The predicted octanol–water partition coefficient (Wildman–Crippen LogP) is 4.40. The van der Waals surface area contributed by atoms with Gasteiger partial charge in [-0.05, 0) is 55.3 Å². The van der Waals surface area contributed by atoms with Crippen molar-refractivity contribution in [2.24, 2.45) is 5.92 Å². The molecule has 0 bridgehead atoms. The molecule has 170 valence electrons. The van der Waals surface area contributed by atoms with Gasteiger partial charge in [0.15, 0.2) is 0 Å². The second-order valence-electron chi connectivity index (χ2n) is 8.46. The van der Waals surface area contributed by atoms with Crippen LogP contribution in [0, 0.1) is 11.7 Å². The van der Waals surface area contributed by atoms with E-state index in [0.29, 0.717) is 37.0 Å². The highest BCUT2D eigenvalue weighted by molar-refractivity contribution is 9.10. The molecule has 3 aromatic rings. The van der Waals surface area contributed by atoms with Crippen LogP contribution >= 0.6 is 15.9 Å². The van der Waals surface area contributed by atoms with Crippen molar-refractivity contribution in [2.45, 2.75) is 25.2 Å². The monoisotopic (exact) mass is 512 g/mol. The Morgan fingerprint density at radius 3 is 2.73 bits per heavy atom. The molecule has 9 heteroatoms. The summed E-state index contributed by atoms with van der Waals surface area (Å²) in [6.07, 6.45) is 1.87. The fraction of sp³-hybridized carbons (Fsp3) is 0.333. The number of piperidine rings is 1. The van der Waals surface area contributed by atoms with Gasteiger partial charge in [-0.15, -0.1) is 10.2 Å². The maximum absolute atomic E-state index is 13.3. The van der Waals surface area contributed by atoms with Crippen LogP contribution in [0.25, 0.3) is 11.5 Å². The van der Waals surface area contributed by atoms with E-state index in [0.717, 1.165) is 23.0 Å². The first kappa shape index (κ1) is 21.8. The SMILES string of the molecule is O=C(C1CC(=O)N(c2cccc(Br)c2)C1)N1CCCC(c2nnc(-c3ccc(F)cc3)o2)C1. The summed E-state index contributed by atoms with van der Waals surface area (Å²) in [7, 11) is 0. The van der Waals surface area contributed by atoms with Gasteiger partial charge in [-0.3, -0.25) is 9.59 Å². The van der Waals surface area contributed by atoms with Gasteiger partial charge in [0.2, 0.25) is 23.6 Å². The number of nitrogens with zero attached hydrogens (tertiary/aromatic N) is 4. The van der Waals surface area contributed by atoms with Gasteiger partial charge in [-0.25, -0.2) is 4.39 Å². The van der Waals surface area contributed by atoms with Crippen molar-refractivity contribution in [3.05, 3.63) is 64.7 Å². The number of likely N-dealkylation sites (tertiary alicyclic amines) is 1. The quantitative estimate of drug-likeness (QED) is 0.517. The molecule has 0 N–H and O–H groups in total. The summed E-state index contributed by atoms with van der Waals surface area (Å²) in [5.74, 6) is -0.00609. The van der Waals surface area contributed by atoms with Crippen molar-refractivity contribution in [1.29, 1.82) is 0 Å². The molecule has 2 aromatic carbocycles. The third-order valence-electron chi connectivity index (χ3n) is 6.21. The van der Waals surface area contributed by atoms with E-state index in [4.69, 9.17) is 4.42 Å². The lowest BCUT2D eigenvalue weighted by Crippen LogP contribution is -2.43. The zero-order chi connectivity index (χ0) is 22.9. The van der Waals surface area contributed by atoms with Crippen LogP contribution in [0.3, 0.4) is 0 Å². The van der Waals surface area contributed by atoms with Crippen molar-refractivity contribution in [3.8, 4) is 11.5 Å². The Morgan fingerprint density at radius 1 is 1.12 bits per heavy atom.